The lowest BCUT2D eigenvalue weighted by Gasteiger charge is -2.31. The number of halogens is 3. The largest absolute Gasteiger partial charge is 0.480 e. The summed E-state index contributed by atoms with van der Waals surface area (Å²) in [6.07, 6.45) is -4.76. The Bertz CT molecular complexity index is 1350. The van der Waals surface area contributed by atoms with Crippen molar-refractivity contribution in [3.63, 3.8) is 0 Å². The Labute approximate surface area is 210 Å². The third-order valence-electron chi connectivity index (χ3n) is 7.21. The van der Waals surface area contributed by atoms with Crippen molar-refractivity contribution in [2.24, 2.45) is 11.8 Å². The molecule has 2 aliphatic rings. The first-order valence-corrected chi connectivity index (χ1v) is 11.7. The second-order valence-electron chi connectivity index (χ2n) is 9.44. The van der Waals surface area contributed by atoms with Gasteiger partial charge in [-0.1, -0.05) is 72.8 Å². The summed E-state index contributed by atoms with van der Waals surface area (Å²) in [7, 11) is 0. The lowest BCUT2D eigenvalue weighted by atomic mass is 9.76. The summed E-state index contributed by atoms with van der Waals surface area (Å²) in [4.78, 5) is 41.3. The van der Waals surface area contributed by atoms with Crippen LogP contribution in [-0.2, 0) is 33.5 Å². The molecule has 3 aromatic rings. The van der Waals surface area contributed by atoms with Gasteiger partial charge in [0.25, 0.3) is 0 Å². The number of rotatable bonds is 6. The molecule has 3 aromatic carbocycles. The predicted molar refractivity (Wildman–Crippen MR) is 127 cm³/mol. The SMILES string of the molecule is O=C1C2C(c3cccc(C(F)(F)F)c3)NC(Cc3ccccc3)(C(=O)O)C2C(=O)N1Cc1ccccc1. The standard InChI is InChI=1S/C28H23F3N2O4/c29-28(30,31)20-13-7-12-19(14-20)23-21-22(25(35)33(24(21)34)16-18-10-5-2-6-11-18)27(32-23,26(36)37)15-17-8-3-1-4-9-17/h1-14,21-23,32H,15-16H2,(H,36,37). The van der Waals surface area contributed by atoms with Gasteiger partial charge >= 0.3 is 12.1 Å². The van der Waals surface area contributed by atoms with Crippen LogP contribution in [0.5, 0.6) is 0 Å². The van der Waals surface area contributed by atoms with Gasteiger partial charge in [0.05, 0.1) is 23.9 Å². The molecule has 0 aromatic heterocycles. The molecule has 4 unspecified atom stereocenters. The summed E-state index contributed by atoms with van der Waals surface area (Å²) < 4.78 is 40.5. The Kier molecular flexibility index (Phi) is 6.11. The lowest BCUT2D eigenvalue weighted by molar-refractivity contribution is -0.151. The van der Waals surface area contributed by atoms with Gasteiger partial charge in [-0.2, -0.15) is 13.2 Å². The smallest absolute Gasteiger partial charge is 0.416 e. The van der Waals surface area contributed by atoms with Crippen LogP contribution in [0.4, 0.5) is 13.2 Å². The van der Waals surface area contributed by atoms with Crippen LogP contribution in [0.2, 0.25) is 0 Å². The van der Waals surface area contributed by atoms with Crippen molar-refractivity contribution < 1.29 is 32.7 Å². The van der Waals surface area contributed by atoms with Crippen LogP contribution in [0.3, 0.4) is 0 Å². The lowest BCUT2D eigenvalue weighted by Crippen LogP contribution is -2.57. The number of hydrogen-bond donors (Lipinski definition) is 2. The van der Waals surface area contributed by atoms with E-state index in [4.69, 9.17) is 0 Å². The average molecular weight is 508 g/mol. The van der Waals surface area contributed by atoms with Crippen molar-refractivity contribution in [3.05, 3.63) is 107 Å². The maximum atomic E-state index is 13.7. The highest BCUT2D eigenvalue weighted by molar-refractivity contribution is 6.09. The van der Waals surface area contributed by atoms with Gasteiger partial charge in [-0.25, -0.2) is 0 Å². The Balaban J connectivity index is 1.62. The molecular formula is C28H23F3N2O4. The highest BCUT2D eigenvalue weighted by atomic mass is 19.4. The van der Waals surface area contributed by atoms with Crippen LogP contribution in [0, 0.1) is 11.8 Å². The van der Waals surface area contributed by atoms with Crippen molar-refractivity contribution in [1.29, 1.82) is 0 Å². The molecule has 37 heavy (non-hydrogen) atoms. The van der Waals surface area contributed by atoms with Gasteiger partial charge in [0.2, 0.25) is 11.8 Å². The summed E-state index contributed by atoms with van der Waals surface area (Å²) in [5.74, 6) is -5.09. The number of carbonyl (C=O) groups is 3. The number of carboxylic acid groups (broad SMARTS) is 1. The monoisotopic (exact) mass is 508 g/mol. The molecule has 6 nitrogen and oxygen atoms in total. The summed E-state index contributed by atoms with van der Waals surface area (Å²) in [5, 5.41) is 13.4. The van der Waals surface area contributed by atoms with E-state index in [1.54, 1.807) is 60.7 Å². The van der Waals surface area contributed by atoms with Crippen LogP contribution in [0.15, 0.2) is 84.9 Å². The number of aliphatic carboxylic acids is 1. The zero-order chi connectivity index (χ0) is 26.4. The van der Waals surface area contributed by atoms with Gasteiger partial charge in [-0.05, 0) is 28.8 Å². The van der Waals surface area contributed by atoms with E-state index in [2.05, 4.69) is 5.32 Å². The van der Waals surface area contributed by atoms with E-state index in [9.17, 15) is 32.7 Å². The van der Waals surface area contributed by atoms with Crippen LogP contribution < -0.4 is 5.32 Å². The van der Waals surface area contributed by atoms with Gasteiger partial charge in [0.15, 0.2) is 0 Å². The minimum Gasteiger partial charge on any atom is -0.480 e. The normalized spacial score (nSPS) is 25.4. The van der Waals surface area contributed by atoms with E-state index in [-0.39, 0.29) is 18.5 Å². The number of imide groups is 1. The van der Waals surface area contributed by atoms with E-state index >= 15 is 0 Å². The topological polar surface area (TPSA) is 86.7 Å². The molecule has 2 amide bonds. The van der Waals surface area contributed by atoms with Gasteiger partial charge in [0.1, 0.15) is 5.54 Å². The number of benzene rings is 3. The molecule has 0 radical (unpaired) electrons. The van der Waals surface area contributed by atoms with Crippen LogP contribution >= 0.6 is 0 Å². The third-order valence-corrected chi connectivity index (χ3v) is 7.21. The molecule has 0 spiro atoms. The third kappa shape index (κ3) is 4.29. The number of carboxylic acids is 1. The molecule has 2 fully saturated rings. The zero-order valence-electron chi connectivity index (χ0n) is 19.5. The Morgan fingerprint density at radius 1 is 0.892 bits per heavy atom. The summed E-state index contributed by atoms with van der Waals surface area (Å²) >= 11 is 0. The number of hydrogen-bond acceptors (Lipinski definition) is 4. The Morgan fingerprint density at radius 3 is 2.11 bits per heavy atom. The molecule has 2 N–H and O–H groups in total. The number of alkyl halides is 3. The molecule has 4 atom stereocenters. The molecule has 0 saturated carbocycles. The van der Waals surface area contributed by atoms with Crippen LogP contribution in [0.1, 0.15) is 28.3 Å². The van der Waals surface area contributed by atoms with Crippen molar-refractivity contribution in [1.82, 2.24) is 10.2 Å². The molecule has 2 aliphatic heterocycles. The van der Waals surface area contributed by atoms with Gasteiger partial charge < -0.3 is 5.11 Å². The number of fused-ring (bicyclic) bond motifs is 1. The fourth-order valence-electron chi connectivity index (χ4n) is 5.53. The molecule has 0 bridgehead atoms. The van der Waals surface area contributed by atoms with Gasteiger partial charge in [-0.3, -0.25) is 24.6 Å². The fraction of sp³-hybridized carbons (Fsp3) is 0.250. The number of likely N-dealkylation sites (tertiary alicyclic amines) is 1. The quantitative estimate of drug-likeness (QED) is 0.487. The average Bonchev–Trinajstić information content (AvgIpc) is 3.35. The first-order chi connectivity index (χ1) is 17.6. The molecule has 2 heterocycles. The van der Waals surface area contributed by atoms with Crippen LogP contribution in [0.25, 0.3) is 0 Å². The van der Waals surface area contributed by atoms with Crippen molar-refractivity contribution >= 4 is 17.8 Å². The van der Waals surface area contributed by atoms with Crippen LogP contribution in [-0.4, -0.2) is 33.3 Å². The minimum absolute atomic E-state index is 0.0537. The van der Waals surface area contributed by atoms with E-state index in [0.717, 1.165) is 17.0 Å². The Hall–Kier alpha value is -3.98. The van der Waals surface area contributed by atoms with Gasteiger partial charge in [0, 0.05) is 12.5 Å². The second kappa shape index (κ2) is 9.15. The second-order valence-corrected chi connectivity index (χ2v) is 9.44. The molecule has 9 heteroatoms. The first-order valence-electron chi connectivity index (χ1n) is 11.7. The number of carbonyl (C=O) groups excluding carboxylic acids is 2. The van der Waals surface area contributed by atoms with Crippen molar-refractivity contribution in [2.45, 2.75) is 30.7 Å². The van der Waals surface area contributed by atoms with E-state index < -0.39 is 52.9 Å². The Morgan fingerprint density at radius 2 is 1.51 bits per heavy atom. The summed E-state index contributed by atoms with van der Waals surface area (Å²) in [6.45, 7) is -0.0537. The summed E-state index contributed by atoms with van der Waals surface area (Å²) in [6, 6.07) is 20.8. The fourth-order valence-corrected chi connectivity index (χ4v) is 5.53. The predicted octanol–water partition coefficient (Wildman–Crippen LogP) is 4.22. The first kappa shape index (κ1) is 24.7. The summed E-state index contributed by atoms with van der Waals surface area (Å²) in [5.41, 5.74) is -1.43. The molecular weight excluding hydrogens is 485 g/mol. The van der Waals surface area contributed by atoms with Crippen molar-refractivity contribution in [3.8, 4) is 0 Å². The number of nitrogens with zero attached hydrogens (tertiary/aromatic N) is 1. The zero-order valence-corrected chi connectivity index (χ0v) is 19.5. The minimum atomic E-state index is -4.63. The van der Waals surface area contributed by atoms with E-state index in [1.165, 1.54) is 12.1 Å². The van der Waals surface area contributed by atoms with Crippen molar-refractivity contribution in [2.75, 3.05) is 0 Å². The molecule has 5 rings (SSSR count). The van der Waals surface area contributed by atoms with E-state index in [0.29, 0.717) is 11.1 Å². The highest BCUT2D eigenvalue weighted by Gasteiger charge is 2.68. The molecule has 2 saturated heterocycles. The maximum Gasteiger partial charge on any atom is 0.416 e. The van der Waals surface area contributed by atoms with E-state index in [1.807, 2.05) is 0 Å². The number of amides is 2. The molecule has 190 valence electrons. The highest BCUT2D eigenvalue weighted by Crippen LogP contribution is 2.50. The molecule has 0 aliphatic carbocycles. The maximum absolute atomic E-state index is 13.7. The number of nitrogens with one attached hydrogen (secondary N) is 1. The van der Waals surface area contributed by atoms with Gasteiger partial charge in [-0.15, -0.1) is 0 Å².